The zero-order valence-electron chi connectivity index (χ0n) is 10.3. The van der Waals surface area contributed by atoms with Gasteiger partial charge < -0.3 is 5.73 Å². The van der Waals surface area contributed by atoms with Crippen LogP contribution in [0.25, 0.3) is 0 Å². The van der Waals surface area contributed by atoms with Gasteiger partial charge in [-0.25, -0.2) is 12.8 Å². The fourth-order valence-electron chi connectivity index (χ4n) is 1.62. The van der Waals surface area contributed by atoms with Crippen molar-refractivity contribution in [2.45, 2.75) is 11.8 Å². The standard InChI is InChI=1S/C11H11FN4O2S2/c1-6-10(5-14-15-6)20(17,18)16-9-3-2-7(12)4-8(9)11(13)19/h2-5,16H,1H3,(H2,13,19)(H,14,15). The van der Waals surface area contributed by atoms with Crippen LogP contribution in [0.4, 0.5) is 10.1 Å². The molecule has 0 saturated heterocycles. The summed E-state index contributed by atoms with van der Waals surface area (Å²) in [5.74, 6) is -0.560. The topological polar surface area (TPSA) is 101 Å². The predicted octanol–water partition coefficient (Wildman–Crippen LogP) is 1.29. The lowest BCUT2D eigenvalue weighted by molar-refractivity contribution is 0.600. The average Bonchev–Trinajstić information content (AvgIpc) is 2.78. The van der Waals surface area contributed by atoms with Crippen LogP contribution in [0.15, 0.2) is 29.3 Å². The molecule has 6 nitrogen and oxygen atoms in total. The monoisotopic (exact) mass is 314 g/mol. The zero-order chi connectivity index (χ0) is 14.9. The third-order valence-electron chi connectivity index (χ3n) is 2.56. The lowest BCUT2D eigenvalue weighted by atomic mass is 10.2. The molecule has 0 aliphatic heterocycles. The smallest absolute Gasteiger partial charge is 0.265 e. The van der Waals surface area contributed by atoms with E-state index in [1.54, 1.807) is 6.92 Å². The Balaban J connectivity index is 2.45. The van der Waals surface area contributed by atoms with Gasteiger partial charge in [0.25, 0.3) is 10.0 Å². The molecular weight excluding hydrogens is 303 g/mol. The number of H-pyrrole nitrogens is 1. The third kappa shape index (κ3) is 2.78. The molecule has 0 saturated carbocycles. The first-order valence-electron chi connectivity index (χ1n) is 5.43. The van der Waals surface area contributed by atoms with Crippen LogP contribution in [0.3, 0.4) is 0 Å². The normalized spacial score (nSPS) is 11.3. The summed E-state index contributed by atoms with van der Waals surface area (Å²) in [6.45, 7) is 1.57. The van der Waals surface area contributed by atoms with Crippen LogP contribution < -0.4 is 10.5 Å². The van der Waals surface area contributed by atoms with Gasteiger partial charge in [-0.2, -0.15) is 5.10 Å². The van der Waals surface area contributed by atoms with Crippen molar-refractivity contribution in [2.75, 3.05) is 4.72 Å². The number of rotatable bonds is 4. The first-order valence-corrected chi connectivity index (χ1v) is 7.32. The van der Waals surface area contributed by atoms with Gasteiger partial charge in [-0.05, 0) is 25.1 Å². The Morgan fingerprint density at radius 3 is 2.75 bits per heavy atom. The Hall–Kier alpha value is -2.00. The second kappa shape index (κ2) is 5.17. The Morgan fingerprint density at radius 2 is 2.20 bits per heavy atom. The van der Waals surface area contributed by atoms with E-state index in [1.807, 2.05) is 0 Å². The van der Waals surface area contributed by atoms with Gasteiger partial charge in [-0.15, -0.1) is 0 Å². The summed E-state index contributed by atoms with van der Waals surface area (Å²) in [5.41, 5.74) is 6.07. The highest BCUT2D eigenvalue weighted by Gasteiger charge is 2.20. The number of nitrogens with two attached hydrogens (primary N) is 1. The average molecular weight is 314 g/mol. The van der Waals surface area contributed by atoms with E-state index in [-0.39, 0.29) is 21.1 Å². The maximum atomic E-state index is 13.2. The summed E-state index contributed by atoms with van der Waals surface area (Å²) in [4.78, 5) is -0.109. The fourth-order valence-corrected chi connectivity index (χ4v) is 3.01. The Labute approximate surface area is 120 Å². The molecule has 0 bridgehead atoms. The number of thiocarbonyl (C=S) groups is 1. The molecule has 1 aromatic heterocycles. The van der Waals surface area contributed by atoms with Gasteiger partial charge in [-0.1, -0.05) is 12.2 Å². The van der Waals surface area contributed by atoms with Gasteiger partial charge in [-0.3, -0.25) is 9.82 Å². The molecule has 0 fully saturated rings. The number of nitrogens with zero attached hydrogens (tertiary/aromatic N) is 1. The van der Waals surface area contributed by atoms with Crippen LogP contribution in [0.1, 0.15) is 11.3 Å². The number of anilines is 1. The summed E-state index contributed by atoms with van der Waals surface area (Å²) >= 11 is 4.78. The second-order valence-corrected chi connectivity index (χ2v) is 6.11. The van der Waals surface area contributed by atoms with E-state index in [4.69, 9.17) is 18.0 Å². The predicted molar refractivity (Wildman–Crippen MR) is 76.4 cm³/mol. The second-order valence-electron chi connectivity index (χ2n) is 4.02. The molecule has 9 heteroatoms. The molecule has 0 atom stereocenters. The Bertz CT molecular complexity index is 770. The van der Waals surface area contributed by atoms with E-state index in [1.165, 1.54) is 12.3 Å². The van der Waals surface area contributed by atoms with E-state index in [0.717, 1.165) is 12.1 Å². The van der Waals surface area contributed by atoms with Gasteiger partial charge in [0.15, 0.2) is 0 Å². The number of aromatic amines is 1. The minimum atomic E-state index is -3.85. The number of benzene rings is 1. The van der Waals surface area contributed by atoms with Gasteiger partial charge in [0.1, 0.15) is 15.7 Å². The SMILES string of the molecule is Cc1[nH]ncc1S(=O)(=O)Nc1ccc(F)cc1C(N)=S. The summed E-state index contributed by atoms with van der Waals surface area (Å²) < 4.78 is 39.9. The fraction of sp³-hybridized carbons (Fsp3) is 0.0909. The van der Waals surface area contributed by atoms with Crippen LogP contribution in [0.2, 0.25) is 0 Å². The molecule has 1 aromatic carbocycles. The molecule has 0 unspecified atom stereocenters. The highest BCUT2D eigenvalue weighted by atomic mass is 32.2. The lowest BCUT2D eigenvalue weighted by Gasteiger charge is -2.11. The molecule has 0 amide bonds. The molecule has 0 radical (unpaired) electrons. The maximum Gasteiger partial charge on any atom is 0.265 e. The van der Waals surface area contributed by atoms with E-state index in [0.29, 0.717) is 5.69 Å². The van der Waals surface area contributed by atoms with E-state index in [2.05, 4.69) is 14.9 Å². The molecular formula is C11H11FN4O2S2. The van der Waals surface area contributed by atoms with Crippen LogP contribution in [-0.4, -0.2) is 23.6 Å². The van der Waals surface area contributed by atoms with Crippen LogP contribution in [0, 0.1) is 12.7 Å². The largest absolute Gasteiger partial charge is 0.389 e. The number of halogens is 1. The lowest BCUT2D eigenvalue weighted by Crippen LogP contribution is -2.18. The maximum absolute atomic E-state index is 13.2. The number of aryl methyl sites for hydroxylation is 1. The minimum absolute atomic E-state index is 0.00397. The zero-order valence-corrected chi connectivity index (χ0v) is 12.0. The van der Waals surface area contributed by atoms with E-state index in [9.17, 15) is 12.8 Å². The van der Waals surface area contributed by atoms with Crippen LogP contribution in [0.5, 0.6) is 0 Å². The van der Waals surface area contributed by atoms with Gasteiger partial charge in [0.2, 0.25) is 0 Å². The highest BCUT2D eigenvalue weighted by Crippen LogP contribution is 2.22. The quantitative estimate of drug-likeness (QED) is 0.738. The van der Waals surface area contributed by atoms with Crippen molar-refractivity contribution >= 4 is 32.9 Å². The van der Waals surface area contributed by atoms with Gasteiger partial charge in [0.05, 0.1) is 17.6 Å². The molecule has 0 aliphatic rings. The van der Waals surface area contributed by atoms with E-state index >= 15 is 0 Å². The van der Waals surface area contributed by atoms with E-state index < -0.39 is 15.8 Å². The summed E-state index contributed by atoms with van der Waals surface area (Å²) in [7, 11) is -3.85. The van der Waals surface area contributed by atoms with Gasteiger partial charge >= 0.3 is 0 Å². The van der Waals surface area contributed by atoms with Crippen molar-refractivity contribution in [2.24, 2.45) is 5.73 Å². The molecule has 20 heavy (non-hydrogen) atoms. The number of hydrogen-bond acceptors (Lipinski definition) is 4. The first-order chi connectivity index (χ1) is 9.31. The van der Waals surface area contributed by atoms with Crippen molar-refractivity contribution in [1.82, 2.24) is 10.2 Å². The Kier molecular flexibility index (Phi) is 3.73. The van der Waals surface area contributed by atoms with Crippen LogP contribution in [-0.2, 0) is 10.0 Å². The molecule has 2 rings (SSSR count). The molecule has 0 aliphatic carbocycles. The van der Waals surface area contributed by atoms with Crippen molar-refractivity contribution in [3.63, 3.8) is 0 Å². The first kappa shape index (κ1) is 14.4. The van der Waals surface area contributed by atoms with Gasteiger partial charge in [0, 0.05) is 5.56 Å². The van der Waals surface area contributed by atoms with Crippen molar-refractivity contribution < 1.29 is 12.8 Å². The summed E-state index contributed by atoms with van der Waals surface area (Å²) in [6, 6.07) is 3.45. The summed E-state index contributed by atoms with van der Waals surface area (Å²) in [6.07, 6.45) is 1.18. The molecule has 106 valence electrons. The number of hydrogen-bond donors (Lipinski definition) is 3. The number of aromatic nitrogens is 2. The molecule has 2 aromatic rings. The Morgan fingerprint density at radius 1 is 1.50 bits per heavy atom. The minimum Gasteiger partial charge on any atom is -0.389 e. The van der Waals surface area contributed by atoms with Crippen molar-refractivity contribution in [3.8, 4) is 0 Å². The van der Waals surface area contributed by atoms with Crippen LogP contribution >= 0.6 is 12.2 Å². The summed E-state index contributed by atoms with van der Waals surface area (Å²) in [5, 5.41) is 6.17. The highest BCUT2D eigenvalue weighted by molar-refractivity contribution is 7.92. The van der Waals surface area contributed by atoms with Crippen molar-refractivity contribution in [1.29, 1.82) is 0 Å². The third-order valence-corrected chi connectivity index (χ3v) is 4.26. The number of nitrogens with one attached hydrogen (secondary N) is 2. The molecule has 4 N–H and O–H groups in total. The molecule has 1 heterocycles. The van der Waals surface area contributed by atoms with Crippen molar-refractivity contribution in [3.05, 3.63) is 41.5 Å². The molecule has 0 spiro atoms. The number of sulfonamides is 1.